The standard InChI is InChI=1S/C11H8FNO4S/c12-7-2-1-5(3-6(7)10(15)16)4-8-9(14)13-11(17)18-8/h1-3,8H,4H2,(H,15,16)(H,13,14,17). The van der Waals surface area contributed by atoms with Gasteiger partial charge in [-0.15, -0.1) is 0 Å². The molecule has 1 aromatic carbocycles. The molecule has 1 fully saturated rings. The Kier molecular flexibility index (Phi) is 3.33. The van der Waals surface area contributed by atoms with E-state index in [-0.39, 0.29) is 6.42 Å². The zero-order valence-corrected chi connectivity index (χ0v) is 9.79. The molecule has 0 spiro atoms. The molecule has 0 aromatic heterocycles. The highest BCUT2D eigenvalue weighted by atomic mass is 32.2. The average molecular weight is 269 g/mol. The zero-order chi connectivity index (χ0) is 13.3. The van der Waals surface area contributed by atoms with E-state index in [0.29, 0.717) is 5.56 Å². The van der Waals surface area contributed by atoms with Crippen LogP contribution in [0, 0.1) is 5.82 Å². The smallest absolute Gasteiger partial charge is 0.338 e. The molecule has 18 heavy (non-hydrogen) atoms. The lowest BCUT2D eigenvalue weighted by molar-refractivity contribution is -0.118. The monoisotopic (exact) mass is 269 g/mol. The molecule has 1 heterocycles. The van der Waals surface area contributed by atoms with Crippen LogP contribution in [0.1, 0.15) is 15.9 Å². The maximum absolute atomic E-state index is 13.2. The third-order valence-electron chi connectivity index (χ3n) is 2.45. The fourth-order valence-corrected chi connectivity index (χ4v) is 2.46. The zero-order valence-electron chi connectivity index (χ0n) is 8.97. The molecule has 1 aromatic rings. The van der Waals surface area contributed by atoms with Crippen LogP contribution in [0.4, 0.5) is 9.18 Å². The van der Waals surface area contributed by atoms with Crippen LogP contribution in [0.25, 0.3) is 0 Å². The molecule has 0 bridgehead atoms. The van der Waals surface area contributed by atoms with E-state index in [9.17, 15) is 18.8 Å². The number of hydrogen-bond acceptors (Lipinski definition) is 4. The Morgan fingerprint density at radius 1 is 1.44 bits per heavy atom. The van der Waals surface area contributed by atoms with Crippen LogP contribution in [0.5, 0.6) is 0 Å². The van der Waals surface area contributed by atoms with Crippen molar-refractivity contribution in [1.29, 1.82) is 0 Å². The highest BCUT2D eigenvalue weighted by Crippen LogP contribution is 2.23. The van der Waals surface area contributed by atoms with E-state index in [4.69, 9.17) is 5.11 Å². The molecule has 0 saturated carbocycles. The van der Waals surface area contributed by atoms with Crippen LogP contribution in [0.2, 0.25) is 0 Å². The molecule has 5 nitrogen and oxygen atoms in total. The molecule has 0 aliphatic carbocycles. The van der Waals surface area contributed by atoms with E-state index in [2.05, 4.69) is 5.32 Å². The lowest BCUT2D eigenvalue weighted by Gasteiger charge is -2.06. The molecule has 2 amide bonds. The third kappa shape index (κ3) is 2.51. The van der Waals surface area contributed by atoms with Crippen molar-refractivity contribution in [3.05, 3.63) is 35.1 Å². The molecule has 2 rings (SSSR count). The Morgan fingerprint density at radius 2 is 2.17 bits per heavy atom. The summed E-state index contributed by atoms with van der Waals surface area (Å²) in [7, 11) is 0. The van der Waals surface area contributed by atoms with Crippen molar-refractivity contribution in [3.8, 4) is 0 Å². The summed E-state index contributed by atoms with van der Waals surface area (Å²) in [5.74, 6) is -2.61. The lowest BCUT2D eigenvalue weighted by atomic mass is 10.1. The second-order valence-electron chi connectivity index (χ2n) is 3.71. The number of imide groups is 1. The Bertz CT molecular complexity index is 546. The minimum absolute atomic E-state index is 0.183. The van der Waals surface area contributed by atoms with Gasteiger partial charge in [0.25, 0.3) is 5.24 Å². The predicted octanol–water partition coefficient (Wildman–Crippen LogP) is 1.42. The van der Waals surface area contributed by atoms with Gasteiger partial charge >= 0.3 is 5.97 Å². The van der Waals surface area contributed by atoms with Crippen molar-refractivity contribution in [2.75, 3.05) is 0 Å². The Balaban J connectivity index is 2.20. The normalized spacial score (nSPS) is 18.8. The number of rotatable bonds is 3. The number of carbonyl (C=O) groups excluding carboxylic acids is 2. The van der Waals surface area contributed by atoms with Crippen LogP contribution in [0.3, 0.4) is 0 Å². The molecular weight excluding hydrogens is 261 g/mol. The number of hydrogen-bond donors (Lipinski definition) is 2. The molecule has 1 aliphatic rings. The number of benzene rings is 1. The van der Waals surface area contributed by atoms with Crippen molar-refractivity contribution in [1.82, 2.24) is 5.32 Å². The van der Waals surface area contributed by atoms with Crippen LogP contribution in [0.15, 0.2) is 18.2 Å². The van der Waals surface area contributed by atoms with Gasteiger partial charge in [-0.2, -0.15) is 0 Å². The van der Waals surface area contributed by atoms with E-state index in [1.165, 1.54) is 12.1 Å². The first kappa shape index (κ1) is 12.6. The molecule has 1 saturated heterocycles. The van der Waals surface area contributed by atoms with E-state index in [1.54, 1.807) is 0 Å². The largest absolute Gasteiger partial charge is 0.478 e. The molecule has 1 aliphatic heterocycles. The molecule has 0 radical (unpaired) electrons. The van der Waals surface area contributed by atoms with E-state index < -0.39 is 33.7 Å². The second-order valence-corrected chi connectivity index (χ2v) is 4.88. The van der Waals surface area contributed by atoms with Gasteiger partial charge in [0, 0.05) is 0 Å². The summed E-state index contributed by atoms with van der Waals surface area (Å²) >= 11 is 0.846. The summed E-state index contributed by atoms with van der Waals surface area (Å²) in [4.78, 5) is 33.0. The average Bonchev–Trinajstić information content (AvgIpc) is 2.60. The quantitative estimate of drug-likeness (QED) is 0.867. The van der Waals surface area contributed by atoms with E-state index in [1.807, 2.05) is 0 Å². The number of amides is 2. The summed E-state index contributed by atoms with van der Waals surface area (Å²) in [5.41, 5.74) is 0.0541. The Labute approximate surface area is 105 Å². The fourth-order valence-electron chi connectivity index (χ4n) is 1.61. The third-order valence-corrected chi connectivity index (χ3v) is 3.43. The molecule has 2 N–H and O–H groups in total. The van der Waals surface area contributed by atoms with Crippen LogP contribution < -0.4 is 5.32 Å². The maximum atomic E-state index is 13.2. The predicted molar refractivity (Wildman–Crippen MR) is 62.0 cm³/mol. The van der Waals surface area contributed by atoms with E-state index >= 15 is 0 Å². The fraction of sp³-hybridized carbons (Fsp3) is 0.182. The van der Waals surface area contributed by atoms with Gasteiger partial charge in [0.05, 0.1) is 10.8 Å². The summed E-state index contributed by atoms with van der Waals surface area (Å²) in [6.07, 6.45) is 0.183. The van der Waals surface area contributed by atoms with Crippen molar-refractivity contribution in [2.24, 2.45) is 0 Å². The number of carbonyl (C=O) groups is 3. The van der Waals surface area contributed by atoms with Gasteiger partial charge in [-0.25, -0.2) is 9.18 Å². The molecule has 94 valence electrons. The first-order valence-electron chi connectivity index (χ1n) is 5.00. The highest BCUT2D eigenvalue weighted by Gasteiger charge is 2.31. The van der Waals surface area contributed by atoms with Crippen molar-refractivity contribution >= 4 is 28.9 Å². The number of nitrogens with one attached hydrogen (secondary N) is 1. The minimum Gasteiger partial charge on any atom is -0.478 e. The number of halogens is 1. The lowest BCUT2D eigenvalue weighted by Crippen LogP contribution is -2.25. The van der Waals surface area contributed by atoms with Gasteiger partial charge in [-0.3, -0.25) is 14.9 Å². The first-order chi connectivity index (χ1) is 8.47. The maximum Gasteiger partial charge on any atom is 0.338 e. The van der Waals surface area contributed by atoms with Crippen LogP contribution in [-0.4, -0.2) is 27.5 Å². The summed E-state index contributed by atoms with van der Waals surface area (Å²) in [6, 6.07) is 3.62. The number of aromatic carboxylic acids is 1. The van der Waals surface area contributed by atoms with Crippen molar-refractivity contribution < 1.29 is 23.9 Å². The highest BCUT2D eigenvalue weighted by molar-refractivity contribution is 8.15. The van der Waals surface area contributed by atoms with Gasteiger partial charge in [0.1, 0.15) is 5.82 Å². The van der Waals surface area contributed by atoms with Gasteiger partial charge in [0.2, 0.25) is 5.91 Å². The molecule has 1 atom stereocenters. The second kappa shape index (κ2) is 4.77. The van der Waals surface area contributed by atoms with Crippen LogP contribution in [-0.2, 0) is 11.2 Å². The van der Waals surface area contributed by atoms with Crippen molar-refractivity contribution in [3.63, 3.8) is 0 Å². The van der Waals surface area contributed by atoms with E-state index in [0.717, 1.165) is 17.8 Å². The van der Waals surface area contributed by atoms with Crippen LogP contribution >= 0.6 is 11.8 Å². The molecule has 7 heteroatoms. The summed E-state index contributed by atoms with van der Waals surface area (Å²) in [5, 5.41) is 9.88. The Hall–Kier alpha value is -1.89. The molecular formula is C11H8FNO4S. The van der Waals surface area contributed by atoms with Gasteiger partial charge in [-0.1, -0.05) is 17.8 Å². The van der Waals surface area contributed by atoms with Gasteiger partial charge in [0.15, 0.2) is 0 Å². The Morgan fingerprint density at radius 3 is 2.72 bits per heavy atom. The SMILES string of the molecule is O=C1NC(=O)C(Cc2ccc(F)c(C(=O)O)c2)S1. The van der Waals surface area contributed by atoms with Gasteiger partial charge in [-0.05, 0) is 24.1 Å². The molecule has 1 unspecified atom stereocenters. The minimum atomic E-state index is -1.37. The number of carboxylic acids is 1. The first-order valence-corrected chi connectivity index (χ1v) is 5.88. The summed E-state index contributed by atoms with van der Waals surface area (Å²) < 4.78 is 13.2. The number of carboxylic acid groups (broad SMARTS) is 1. The van der Waals surface area contributed by atoms with Gasteiger partial charge < -0.3 is 5.11 Å². The number of thioether (sulfide) groups is 1. The van der Waals surface area contributed by atoms with Crippen molar-refractivity contribution in [2.45, 2.75) is 11.7 Å². The topological polar surface area (TPSA) is 83.5 Å². The summed E-state index contributed by atoms with van der Waals surface area (Å²) in [6.45, 7) is 0.